The molecular weight excluding hydrogens is 212 g/mol. The maximum Gasteiger partial charge on any atom is 0.159 e. The zero-order chi connectivity index (χ0) is 11.3. The first-order valence-corrected chi connectivity index (χ1v) is 6.82. The third kappa shape index (κ3) is 0.796. The summed E-state index contributed by atoms with van der Waals surface area (Å²) in [6, 6.07) is 0. The molecule has 1 heterocycles. The monoisotopic (exact) mass is 228 g/mol. The van der Waals surface area contributed by atoms with Crippen LogP contribution in [0.2, 0.25) is 0 Å². The second-order valence-corrected chi connectivity index (χ2v) is 6.51. The number of rotatable bonds is 0. The molecule has 1 saturated heterocycles. The van der Waals surface area contributed by atoms with Crippen molar-refractivity contribution < 1.29 is 9.53 Å². The van der Waals surface area contributed by atoms with E-state index in [2.05, 4.69) is 18.2 Å². The van der Waals surface area contributed by atoms with Crippen molar-refractivity contribution >= 4 is 5.78 Å². The third-order valence-corrected chi connectivity index (χ3v) is 6.13. The third-order valence-electron chi connectivity index (χ3n) is 6.13. The number of hydrogen-bond donors (Lipinski definition) is 0. The molecule has 5 aliphatic rings. The van der Waals surface area contributed by atoms with E-state index in [4.69, 9.17) is 4.74 Å². The predicted octanol–water partition coefficient (Wildman–Crippen LogP) is 2.11. The summed E-state index contributed by atoms with van der Waals surface area (Å²) in [6.45, 7) is 0.871. The van der Waals surface area contributed by atoms with Gasteiger partial charge in [-0.05, 0) is 42.2 Å². The highest BCUT2D eigenvalue weighted by atomic mass is 16.5. The van der Waals surface area contributed by atoms with Crippen LogP contribution in [0.1, 0.15) is 19.3 Å². The Hall–Kier alpha value is -0.890. The second kappa shape index (κ2) is 2.44. The zero-order valence-corrected chi connectivity index (χ0v) is 9.76. The van der Waals surface area contributed by atoms with E-state index >= 15 is 0 Å². The molecule has 17 heavy (non-hydrogen) atoms. The molecule has 5 rings (SSSR count). The van der Waals surface area contributed by atoms with E-state index < -0.39 is 0 Å². The van der Waals surface area contributed by atoms with E-state index in [0.29, 0.717) is 29.0 Å². The molecule has 2 heteroatoms. The summed E-state index contributed by atoms with van der Waals surface area (Å²) in [4.78, 5) is 12.2. The van der Waals surface area contributed by atoms with Crippen LogP contribution in [0.4, 0.5) is 0 Å². The Balaban J connectivity index is 1.70. The fraction of sp³-hybridized carbons (Fsp3) is 0.667. The molecule has 1 aliphatic heterocycles. The molecule has 2 nitrogen and oxygen atoms in total. The van der Waals surface area contributed by atoms with Crippen molar-refractivity contribution in [2.75, 3.05) is 6.61 Å². The van der Waals surface area contributed by atoms with Crippen LogP contribution in [0.5, 0.6) is 0 Å². The molecule has 0 aromatic rings. The van der Waals surface area contributed by atoms with Gasteiger partial charge in [0.15, 0.2) is 5.78 Å². The Morgan fingerprint density at radius 2 is 1.94 bits per heavy atom. The van der Waals surface area contributed by atoms with E-state index in [1.165, 1.54) is 12.8 Å². The van der Waals surface area contributed by atoms with Crippen molar-refractivity contribution in [1.29, 1.82) is 0 Å². The first-order chi connectivity index (χ1) is 8.27. The number of ketones is 1. The summed E-state index contributed by atoms with van der Waals surface area (Å²) in [5, 5.41) is 0. The van der Waals surface area contributed by atoms with Gasteiger partial charge in [0.2, 0.25) is 0 Å². The van der Waals surface area contributed by atoms with Crippen LogP contribution in [-0.4, -0.2) is 18.0 Å². The highest BCUT2D eigenvalue weighted by Gasteiger charge is 2.72. The van der Waals surface area contributed by atoms with Gasteiger partial charge in [0.1, 0.15) is 0 Å². The SMILES string of the molecule is O=C1C=C[C@]2(CCO2)[C@@H]2[C@H]1[C@@H]1C=C[C@H]2C12CC2. The number of carbonyl (C=O) groups is 1. The van der Waals surface area contributed by atoms with Gasteiger partial charge in [0.25, 0.3) is 0 Å². The van der Waals surface area contributed by atoms with Gasteiger partial charge in [-0.3, -0.25) is 4.79 Å². The number of fused-ring (bicyclic) bond motifs is 4. The molecule has 2 spiro atoms. The Morgan fingerprint density at radius 1 is 1.18 bits per heavy atom. The molecule has 0 aromatic heterocycles. The average Bonchev–Trinajstić information content (AvgIpc) is 2.93. The predicted molar refractivity (Wildman–Crippen MR) is 62.2 cm³/mol. The van der Waals surface area contributed by atoms with Gasteiger partial charge in [0.05, 0.1) is 12.2 Å². The van der Waals surface area contributed by atoms with Crippen molar-refractivity contribution in [3.8, 4) is 0 Å². The van der Waals surface area contributed by atoms with E-state index in [9.17, 15) is 4.79 Å². The molecule has 0 aromatic carbocycles. The lowest BCUT2D eigenvalue weighted by Gasteiger charge is -2.50. The van der Waals surface area contributed by atoms with Gasteiger partial charge >= 0.3 is 0 Å². The number of hydrogen-bond acceptors (Lipinski definition) is 2. The lowest BCUT2D eigenvalue weighted by Crippen LogP contribution is -2.55. The van der Waals surface area contributed by atoms with E-state index in [0.717, 1.165) is 13.0 Å². The standard InChI is InChI=1S/C15H16O2/c16-11-3-4-15(7-8-17-15)13-10-2-1-9(12(11)13)14(10)5-6-14/h1-4,9-10,12-13H,5-8H2/t9-,10+,12-,13-,15-/m0/s1. The molecule has 0 amide bonds. The Morgan fingerprint density at radius 3 is 2.59 bits per heavy atom. The molecule has 0 N–H and O–H groups in total. The normalized spacial score (nSPS) is 55.4. The highest BCUT2D eigenvalue weighted by Crippen LogP contribution is 2.75. The summed E-state index contributed by atoms with van der Waals surface area (Å²) >= 11 is 0. The largest absolute Gasteiger partial charge is 0.370 e. The Kier molecular flexibility index (Phi) is 1.31. The smallest absolute Gasteiger partial charge is 0.159 e. The summed E-state index contributed by atoms with van der Waals surface area (Å²) in [5.41, 5.74) is 0.404. The molecule has 2 bridgehead atoms. The maximum atomic E-state index is 12.2. The summed E-state index contributed by atoms with van der Waals surface area (Å²) < 4.78 is 5.92. The van der Waals surface area contributed by atoms with Crippen LogP contribution in [0.25, 0.3) is 0 Å². The van der Waals surface area contributed by atoms with Crippen LogP contribution >= 0.6 is 0 Å². The number of carbonyl (C=O) groups excluding carboxylic acids is 1. The van der Waals surface area contributed by atoms with Gasteiger partial charge in [-0.25, -0.2) is 0 Å². The first-order valence-electron chi connectivity index (χ1n) is 6.82. The minimum Gasteiger partial charge on any atom is -0.370 e. The van der Waals surface area contributed by atoms with Crippen molar-refractivity contribution in [2.45, 2.75) is 24.9 Å². The summed E-state index contributed by atoms with van der Waals surface area (Å²) in [6.07, 6.45) is 12.4. The minimum atomic E-state index is -0.0711. The van der Waals surface area contributed by atoms with Crippen molar-refractivity contribution in [2.24, 2.45) is 29.1 Å². The molecular formula is C15H16O2. The zero-order valence-electron chi connectivity index (χ0n) is 9.76. The highest BCUT2D eigenvalue weighted by molar-refractivity contribution is 5.94. The average molecular weight is 228 g/mol. The fourth-order valence-corrected chi connectivity index (χ4v) is 5.20. The quantitative estimate of drug-likeness (QED) is 0.594. The van der Waals surface area contributed by atoms with Crippen LogP contribution in [0.3, 0.4) is 0 Å². The van der Waals surface area contributed by atoms with Gasteiger partial charge in [0, 0.05) is 18.3 Å². The minimum absolute atomic E-state index is 0.0711. The van der Waals surface area contributed by atoms with Gasteiger partial charge in [-0.15, -0.1) is 0 Å². The molecule has 88 valence electrons. The summed E-state index contributed by atoms with van der Waals surface area (Å²) in [7, 11) is 0. The van der Waals surface area contributed by atoms with Gasteiger partial charge in [-0.1, -0.05) is 12.2 Å². The van der Waals surface area contributed by atoms with Crippen LogP contribution in [0.15, 0.2) is 24.3 Å². The molecule has 5 atom stereocenters. The molecule has 0 unspecified atom stereocenters. The molecule has 2 saturated carbocycles. The second-order valence-electron chi connectivity index (χ2n) is 6.51. The number of allylic oxidation sites excluding steroid dienone is 3. The van der Waals surface area contributed by atoms with E-state index in [1.807, 2.05) is 6.08 Å². The van der Waals surface area contributed by atoms with Gasteiger partial charge < -0.3 is 4.74 Å². The topological polar surface area (TPSA) is 26.3 Å². The van der Waals surface area contributed by atoms with E-state index in [-0.39, 0.29) is 11.5 Å². The van der Waals surface area contributed by atoms with Crippen LogP contribution in [-0.2, 0) is 9.53 Å². The van der Waals surface area contributed by atoms with Gasteiger partial charge in [-0.2, -0.15) is 0 Å². The lowest BCUT2D eigenvalue weighted by molar-refractivity contribution is -0.171. The molecule has 4 aliphatic carbocycles. The first kappa shape index (κ1) is 9.09. The van der Waals surface area contributed by atoms with E-state index in [1.54, 1.807) is 0 Å². The summed E-state index contributed by atoms with van der Waals surface area (Å²) in [5.74, 6) is 2.19. The number of ether oxygens (including phenoxy) is 1. The Bertz CT molecular complexity index is 479. The van der Waals surface area contributed by atoms with Crippen molar-refractivity contribution in [3.05, 3.63) is 24.3 Å². The molecule has 3 fully saturated rings. The van der Waals surface area contributed by atoms with Crippen molar-refractivity contribution in [3.63, 3.8) is 0 Å². The fourth-order valence-electron chi connectivity index (χ4n) is 5.20. The molecule has 0 radical (unpaired) electrons. The lowest BCUT2D eigenvalue weighted by atomic mass is 9.64. The van der Waals surface area contributed by atoms with Crippen LogP contribution in [0, 0.1) is 29.1 Å². The van der Waals surface area contributed by atoms with Crippen LogP contribution < -0.4 is 0 Å². The Labute approximate surface area is 101 Å². The van der Waals surface area contributed by atoms with Crippen molar-refractivity contribution in [1.82, 2.24) is 0 Å². The maximum absolute atomic E-state index is 12.2.